The highest BCUT2D eigenvalue weighted by Gasteiger charge is 2.25. The molecule has 0 spiro atoms. The maximum absolute atomic E-state index is 5.46. The number of rotatable bonds is 2. The third kappa shape index (κ3) is 1.26. The Morgan fingerprint density at radius 1 is 1.62 bits per heavy atom. The smallest absolute Gasteiger partial charge is 0.345 e. The molecule has 1 aliphatic rings. The summed E-state index contributed by atoms with van der Waals surface area (Å²) in [5.74, 6) is 1.14. The Kier molecular flexibility index (Phi) is 1.73. The quantitative estimate of drug-likeness (QED) is 0.660. The standard InChI is InChI=1S/C7H9N5O/c1-2-13-6-4-5(10-3-9-4)11-7(8)12-6/h3,9H,2H2,1H3,(H2,8,11,12)/q+1. The van der Waals surface area contributed by atoms with E-state index < -0.39 is 0 Å². The third-order valence-electron chi connectivity index (χ3n) is 1.55. The van der Waals surface area contributed by atoms with Crippen molar-refractivity contribution in [1.82, 2.24) is 15.0 Å². The van der Waals surface area contributed by atoms with Crippen molar-refractivity contribution in [2.24, 2.45) is 0 Å². The van der Waals surface area contributed by atoms with Gasteiger partial charge in [0.15, 0.2) is 0 Å². The number of hydrogen-bond donors (Lipinski definition) is 2. The van der Waals surface area contributed by atoms with E-state index in [1.807, 2.05) is 6.92 Å². The molecule has 13 heavy (non-hydrogen) atoms. The maximum atomic E-state index is 5.46. The third-order valence-corrected chi connectivity index (χ3v) is 1.55. The number of nitrogens with zero attached hydrogens (tertiary/aromatic N) is 3. The minimum Gasteiger partial charge on any atom is -0.475 e. The number of ether oxygens (including phenoxy) is 1. The lowest BCUT2D eigenvalue weighted by Gasteiger charge is -2.02. The number of aliphatic imine (C=N–C) groups is 1. The highest BCUT2D eigenvalue weighted by Crippen LogP contribution is 2.30. The summed E-state index contributed by atoms with van der Waals surface area (Å²) in [6.07, 6.45) is 1.53. The van der Waals surface area contributed by atoms with Gasteiger partial charge in [-0.2, -0.15) is 4.98 Å². The van der Waals surface area contributed by atoms with Crippen LogP contribution in [0.15, 0.2) is 0 Å². The van der Waals surface area contributed by atoms with Gasteiger partial charge in [0.1, 0.15) is 0 Å². The van der Waals surface area contributed by atoms with Crippen LogP contribution in [0, 0.1) is 0 Å². The molecule has 0 amide bonds. The van der Waals surface area contributed by atoms with Crippen LogP contribution in [0.5, 0.6) is 5.88 Å². The lowest BCUT2D eigenvalue weighted by atomic mass is 10.4. The summed E-state index contributed by atoms with van der Waals surface area (Å²) < 4.78 is 5.26. The Balaban J connectivity index is 2.46. The van der Waals surface area contributed by atoms with Gasteiger partial charge in [-0.1, -0.05) is 9.98 Å². The molecule has 0 saturated heterocycles. The largest absolute Gasteiger partial charge is 0.475 e. The molecule has 67 valence electrons. The summed E-state index contributed by atoms with van der Waals surface area (Å²) in [4.78, 5) is 11.8. The zero-order valence-electron chi connectivity index (χ0n) is 7.11. The monoisotopic (exact) mass is 179 g/mol. The van der Waals surface area contributed by atoms with Gasteiger partial charge in [0.05, 0.1) is 6.61 Å². The first-order valence-electron chi connectivity index (χ1n) is 3.90. The second kappa shape index (κ2) is 2.89. The highest BCUT2D eigenvalue weighted by molar-refractivity contribution is 5.90. The van der Waals surface area contributed by atoms with Crippen LogP contribution in [-0.4, -0.2) is 22.9 Å². The Bertz CT molecular complexity index is 362. The Hall–Kier alpha value is -1.85. The zero-order chi connectivity index (χ0) is 9.26. The first-order valence-corrected chi connectivity index (χ1v) is 3.90. The summed E-state index contributed by atoms with van der Waals surface area (Å²) in [6, 6.07) is 0. The van der Waals surface area contributed by atoms with E-state index in [2.05, 4.69) is 20.3 Å². The van der Waals surface area contributed by atoms with Gasteiger partial charge in [0.25, 0.3) is 5.88 Å². The summed E-state index contributed by atoms with van der Waals surface area (Å²) in [6.45, 7) is 2.41. The number of nitrogen functional groups attached to an aromatic ring is 1. The first kappa shape index (κ1) is 7.78. The summed E-state index contributed by atoms with van der Waals surface area (Å²) in [5, 5.41) is 2.88. The summed E-state index contributed by atoms with van der Waals surface area (Å²) in [5.41, 5.74) is 6.13. The summed E-state index contributed by atoms with van der Waals surface area (Å²) in [7, 11) is 0. The van der Waals surface area contributed by atoms with Crippen molar-refractivity contribution in [1.29, 1.82) is 0 Å². The molecule has 0 atom stereocenters. The molecule has 1 radical (unpaired) electrons. The molecular formula is C7H9N5O+. The van der Waals surface area contributed by atoms with E-state index in [1.54, 1.807) is 0 Å². The van der Waals surface area contributed by atoms with Gasteiger partial charge in [-0.25, -0.2) is 0 Å². The fourth-order valence-electron chi connectivity index (χ4n) is 1.06. The van der Waals surface area contributed by atoms with Crippen LogP contribution in [0.3, 0.4) is 0 Å². The van der Waals surface area contributed by atoms with Crippen molar-refractivity contribution in [3.8, 4) is 5.88 Å². The van der Waals surface area contributed by atoms with Crippen molar-refractivity contribution in [2.45, 2.75) is 6.92 Å². The van der Waals surface area contributed by atoms with Crippen molar-refractivity contribution in [3.05, 3.63) is 0 Å². The number of nitrogens with one attached hydrogen (secondary N) is 1. The van der Waals surface area contributed by atoms with Gasteiger partial charge in [-0.3, -0.25) is 5.32 Å². The Morgan fingerprint density at radius 2 is 2.46 bits per heavy atom. The molecule has 6 heteroatoms. The zero-order valence-corrected chi connectivity index (χ0v) is 7.11. The van der Waals surface area contributed by atoms with Crippen LogP contribution in [0.1, 0.15) is 6.92 Å². The number of fused-ring (bicyclic) bond motifs is 1. The van der Waals surface area contributed by atoms with E-state index in [0.717, 1.165) is 0 Å². The molecule has 0 aliphatic carbocycles. The van der Waals surface area contributed by atoms with Crippen LogP contribution in [-0.2, 0) is 0 Å². The minimum absolute atomic E-state index is 0.169. The van der Waals surface area contributed by atoms with Crippen molar-refractivity contribution >= 4 is 23.8 Å². The molecule has 0 aromatic carbocycles. The molecular weight excluding hydrogens is 170 g/mol. The van der Waals surface area contributed by atoms with Crippen molar-refractivity contribution in [2.75, 3.05) is 17.7 Å². The first-order chi connectivity index (χ1) is 6.31. The summed E-state index contributed by atoms with van der Waals surface area (Å²) >= 11 is 0. The number of hydrogen-bond acceptors (Lipinski definition) is 6. The van der Waals surface area contributed by atoms with Gasteiger partial charge in [0, 0.05) is 0 Å². The fraction of sp³-hybridized carbons (Fsp3) is 0.286. The number of nitrogens with two attached hydrogens (primary N) is 1. The van der Waals surface area contributed by atoms with E-state index in [9.17, 15) is 0 Å². The van der Waals surface area contributed by atoms with Crippen LogP contribution in [0.4, 0.5) is 17.5 Å². The van der Waals surface area contributed by atoms with Gasteiger partial charge < -0.3 is 10.5 Å². The SMILES string of the molecule is CCOc1nc(N)nc2c1NC=[N+]2. The highest BCUT2D eigenvalue weighted by atomic mass is 16.5. The number of aromatic nitrogens is 2. The molecule has 2 heterocycles. The van der Waals surface area contributed by atoms with E-state index >= 15 is 0 Å². The Labute approximate surface area is 74.9 Å². The molecule has 2 rings (SSSR count). The molecule has 0 bridgehead atoms. The second-order valence-electron chi connectivity index (χ2n) is 2.42. The predicted octanol–water partition coefficient (Wildman–Crippen LogP) is -0.121. The molecule has 1 aromatic heterocycles. The molecule has 0 unspecified atom stereocenters. The molecule has 0 saturated carbocycles. The molecule has 3 N–H and O–H groups in total. The van der Waals surface area contributed by atoms with Gasteiger partial charge in [-0.05, 0) is 6.92 Å². The van der Waals surface area contributed by atoms with Crippen molar-refractivity contribution in [3.63, 3.8) is 0 Å². The van der Waals surface area contributed by atoms with E-state index in [0.29, 0.717) is 24.0 Å². The predicted molar refractivity (Wildman–Crippen MR) is 49.1 cm³/mol. The normalized spacial score (nSPS) is 12.4. The average Bonchev–Trinajstić information content (AvgIpc) is 2.52. The molecule has 6 nitrogen and oxygen atoms in total. The van der Waals surface area contributed by atoms with E-state index in [4.69, 9.17) is 10.5 Å². The molecule has 0 fully saturated rings. The van der Waals surface area contributed by atoms with Crippen LogP contribution < -0.4 is 20.8 Å². The minimum atomic E-state index is 0.169. The van der Waals surface area contributed by atoms with Gasteiger partial charge >= 0.3 is 11.8 Å². The average molecular weight is 179 g/mol. The maximum Gasteiger partial charge on any atom is 0.345 e. The van der Waals surface area contributed by atoms with Gasteiger partial charge in [-0.15, -0.1) is 0 Å². The number of anilines is 2. The Morgan fingerprint density at radius 3 is 3.23 bits per heavy atom. The van der Waals surface area contributed by atoms with Crippen LogP contribution >= 0.6 is 0 Å². The molecule has 1 aromatic rings. The lowest BCUT2D eigenvalue weighted by Crippen LogP contribution is -2.03. The van der Waals surface area contributed by atoms with Gasteiger partial charge in [0.2, 0.25) is 12.0 Å². The second-order valence-corrected chi connectivity index (χ2v) is 2.42. The molecule has 1 aliphatic heterocycles. The van der Waals surface area contributed by atoms with E-state index in [1.165, 1.54) is 6.34 Å². The van der Waals surface area contributed by atoms with Crippen LogP contribution in [0.25, 0.3) is 0 Å². The lowest BCUT2D eigenvalue weighted by molar-refractivity contribution is 0.329. The van der Waals surface area contributed by atoms with Crippen LogP contribution in [0.2, 0.25) is 0 Å². The van der Waals surface area contributed by atoms with E-state index in [-0.39, 0.29) is 5.95 Å². The topological polar surface area (TPSA) is 87.2 Å². The fourth-order valence-corrected chi connectivity index (χ4v) is 1.06. The van der Waals surface area contributed by atoms with Crippen molar-refractivity contribution < 1.29 is 4.74 Å².